The van der Waals surface area contributed by atoms with E-state index in [0.29, 0.717) is 12.8 Å². The van der Waals surface area contributed by atoms with Gasteiger partial charge in [0.05, 0.1) is 24.1 Å². The van der Waals surface area contributed by atoms with Crippen molar-refractivity contribution in [2.75, 3.05) is 18.1 Å². The molecule has 0 spiro atoms. The Morgan fingerprint density at radius 2 is 2.33 bits per heavy atom. The van der Waals surface area contributed by atoms with Crippen molar-refractivity contribution in [3.63, 3.8) is 0 Å². The third kappa shape index (κ3) is 3.59. The zero-order chi connectivity index (χ0) is 13.8. The number of hydrogen-bond acceptors (Lipinski definition) is 4. The van der Waals surface area contributed by atoms with Crippen LogP contribution >= 0.6 is 0 Å². The van der Waals surface area contributed by atoms with Crippen molar-refractivity contribution >= 4 is 15.7 Å². The summed E-state index contributed by atoms with van der Waals surface area (Å²) in [5.41, 5.74) is 5.71. The van der Waals surface area contributed by atoms with Gasteiger partial charge >= 0.3 is 0 Å². The molecule has 0 aromatic rings. The normalized spacial score (nSPS) is 23.0. The lowest BCUT2D eigenvalue weighted by Crippen LogP contribution is -2.49. The Kier molecular flexibility index (Phi) is 4.93. The van der Waals surface area contributed by atoms with E-state index in [-0.39, 0.29) is 30.0 Å². The molecule has 0 radical (unpaired) electrons. The van der Waals surface area contributed by atoms with Gasteiger partial charge in [-0.15, -0.1) is 13.0 Å². The first-order chi connectivity index (χ1) is 8.41. The number of rotatable bonds is 5. The van der Waals surface area contributed by atoms with Crippen LogP contribution in [0.1, 0.15) is 12.8 Å². The van der Waals surface area contributed by atoms with Crippen LogP contribution in [0.4, 0.5) is 0 Å². The number of carbonyl (C=O) groups excluding carboxylic acids is 1. The van der Waals surface area contributed by atoms with Crippen molar-refractivity contribution in [1.29, 1.82) is 0 Å². The van der Waals surface area contributed by atoms with E-state index in [4.69, 9.17) is 12.2 Å². The molecule has 1 fully saturated rings. The first kappa shape index (κ1) is 14.7. The number of amides is 1. The van der Waals surface area contributed by atoms with Crippen molar-refractivity contribution in [1.82, 2.24) is 4.90 Å². The quantitative estimate of drug-likeness (QED) is 0.541. The number of terminal acetylenes is 1. The molecule has 1 heterocycles. The molecule has 5 nitrogen and oxygen atoms in total. The van der Waals surface area contributed by atoms with Gasteiger partial charge in [0.2, 0.25) is 5.91 Å². The molecule has 1 saturated heterocycles. The molecule has 2 unspecified atom stereocenters. The molecule has 0 aromatic heterocycles. The minimum absolute atomic E-state index is 0.0266. The molecule has 0 aliphatic carbocycles. The summed E-state index contributed by atoms with van der Waals surface area (Å²) >= 11 is 0. The van der Waals surface area contributed by atoms with Gasteiger partial charge in [-0.25, -0.2) is 8.42 Å². The number of carbonyl (C=O) groups is 1. The zero-order valence-electron chi connectivity index (χ0n) is 10.2. The lowest BCUT2D eigenvalue weighted by Gasteiger charge is -2.28. The van der Waals surface area contributed by atoms with E-state index in [2.05, 4.69) is 12.5 Å². The first-order valence-corrected chi connectivity index (χ1v) is 7.54. The maximum absolute atomic E-state index is 12.1. The van der Waals surface area contributed by atoms with E-state index in [0.717, 1.165) is 0 Å². The standard InChI is InChI=1S/C12H18N2O3S/c1-3-5-11(13)12(15)14(7-4-2)10-6-8-18(16,17)9-10/h2-3,10-11H,1,5-9,13H2. The SMILES string of the molecule is C#CCN(C(=O)C(N)CC=C)C1CCS(=O)(=O)C1. The topological polar surface area (TPSA) is 80.5 Å². The molecular weight excluding hydrogens is 252 g/mol. The number of nitrogens with zero attached hydrogens (tertiary/aromatic N) is 1. The summed E-state index contributed by atoms with van der Waals surface area (Å²) in [7, 11) is -3.05. The molecule has 1 rings (SSSR count). The van der Waals surface area contributed by atoms with Crippen molar-refractivity contribution in [3.05, 3.63) is 12.7 Å². The molecule has 6 heteroatoms. The van der Waals surface area contributed by atoms with Crippen molar-refractivity contribution in [2.45, 2.75) is 24.9 Å². The van der Waals surface area contributed by atoms with Crippen LogP contribution in [-0.2, 0) is 14.6 Å². The Morgan fingerprint density at radius 3 is 2.78 bits per heavy atom. The fraction of sp³-hybridized carbons (Fsp3) is 0.583. The first-order valence-electron chi connectivity index (χ1n) is 5.72. The summed E-state index contributed by atoms with van der Waals surface area (Å²) in [4.78, 5) is 13.5. The third-order valence-electron chi connectivity index (χ3n) is 2.93. The largest absolute Gasteiger partial charge is 0.326 e. The Bertz CT molecular complexity index is 464. The third-order valence-corrected chi connectivity index (χ3v) is 4.68. The van der Waals surface area contributed by atoms with Crippen molar-refractivity contribution < 1.29 is 13.2 Å². The van der Waals surface area contributed by atoms with Gasteiger partial charge in [-0.2, -0.15) is 0 Å². The molecule has 0 saturated carbocycles. The molecule has 18 heavy (non-hydrogen) atoms. The summed E-state index contributed by atoms with van der Waals surface area (Å²) in [5, 5.41) is 0. The van der Waals surface area contributed by atoms with Crippen LogP contribution < -0.4 is 5.73 Å². The molecule has 0 aromatic carbocycles. The second-order valence-electron chi connectivity index (χ2n) is 4.36. The lowest BCUT2D eigenvalue weighted by atomic mass is 10.1. The van der Waals surface area contributed by atoms with Gasteiger partial charge in [-0.3, -0.25) is 4.79 Å². The second-order valence-corrected chi connectivity index (χ2v) is 6.59. The predicted molar refractivity (Wildman–Crippen MR) is 70.4 cm³/mol. The Hall–Kier alpha value is -1.32. The van der Waals surface area contributed by atoms with Gasteiger partial charge < -0.3 is 10.6 Å². The van der Waals surface area contributed by atoms with Gasteiger partial charge in [0.1, 0.15) is 0 Å². The lowest BCUT2D eigenvalue weighted by molar-refractivity contribution is -0.133. The summed E-state index contributed by atoms with van der Waals surface area (Å²) < 4.78 is 22.9. The summed E-state index contributed by atoms with van der Waals surface area (Å²) in [5.74, 6) is 2.14. The van der Waals surface area contributed by atoms with Crippen LogP contribution in [-0.4, -0.2) is 49.4 Å². The van der Waals surface area contributed by atoms with E-state index in [1.54, 1.807) is 6.08 Å². The fourth-order valence-electron chi connectivity index (χ4n) is 2.00. The Labute approximate surface area is 108 Å². The van der Waals surface area contributed by atoms with Gasteiger partial charge in [0, 0.05) is 6.04 Å². The zero-order valence-corrected chi connectivity index (χ0v) is 11.0. The van der Waals surface area contributed by atoms with E-state index in [9.17, 15) is 13.2 Å². The van der Waals surface area contributed by atoms with E-state index in [1.807, 2.05) is 0 Å². The Morgan fingerprint density at radius 1 is 1.67 bits per heavy atom. The molecule has 1 aliphatic rings. The maximum atomic E-state index is 12.1. The van der Waals surface area contributed by atoms with Gasteiger partial charge in [0.25, 0.3) is 0 Å². The smallest absolute Gasteiger partial charge is 0.240 e. The molecular formula is C12H18N2O3S. The molecule has 100 valence electrons. The van der Waals surface area contributed by atoms with Crippen molar-refractivity contribution in [2.24, 2.45) is 5.73 Å². The van der Waals surface area contributed by atoms with Crippen LogP contribution in [0.3, 0.4) is 0 Å². The number of hydrogen-bond donors (Lipinski definition) is 1. The average Bonchev–Trinajstić information content (AvgIpc) is 2.66. The van der Waals surface area contributed by atoms with Crippen molar-refractivity contribution in [3.8, 4) is 12.3 Å². The second kappa shape index (κ2) is 6.03. The highest BCUT2D eigenvalue weighted by molar-refractivity contribution is 7.91. The molecule has 0 bridgehead atoms. The average molecular weight is 270 g/mol. The summed E-state index contributed by atoms with van der Waals surface area (Å²) in [6.45, 7) is 3.61. The minimum Gasteiger partial charge on any atom is -0.326 e. The van der Waals surface area contributed by atoms with Crippen LogP contribution in [0.15, 0.2) is 12.7 Å². The highest BCUT2D eigenvalue weighted by atomic mass is 32.2. The summed E-state index contributed by atoms with van der Waals surface area (Å²) in [6.07, 6.45) is 7.55. The minimum atomic E-state index is -3.05. The highest BCUT2D eigenvalue weighted by Crippen LogP contribution is 2.18. The van der Waals surface area contributed by atoms with Gasteiger partial charge in [-0.1, -0.05) is 12.0 Å². The van der Waals surface area contributed by atoms with E-state index < -0.39 is 15.9 Å². The summed E-state index contributed by atoms with van der Waals surface area (Å²) in [6, 6.07) is -1.06. The van der Waals surface area contributed by atoms with Gasteiger partial charge in [-0.05, 0) is 12.8 Å². The molecule has 2 atom stereocenters. The molecule has 1 amide bonds. The van der Waals surface area contributed by atoms with Gasteiger partial charge in [0.15, 0.2) is 9.84 Å². The molecule has 1 aliphatic heterocycles. The van der Waals surface area contributed by atoms with Crippen LogP contribution in [0, 0.1) is 12.3 Å². The predicted octanol–water partition coefficient (Wildman–Crippen LogP) is -0.461. The van der Waals surface area contributed by atoms with E-state index >= 15 is 0 Å². The highest BCUT2D eigenvalue weighted by Gasteiger charge is 2.35. The Balaban J connectivity index is 2.80. The van der Waals surface area contributed by atoms with Crippen LogP contribution in [0.25, 0.3) is 0 Å². The van der Waals surface area contributed by atoms with Crippen LogP contribution in [0.5, 0.6) is 0 Å². The number of nitrogens with two attached hydrogens (primary N) is 1. The molecule has 2 N–H and O–H groups in total. The van der Waals surface area contributed by atoms with Crippen LogP contribution in [0.2, 0.25) is 0 Å². The maximum Gasteiger partial charge on any atom is 0.240 e. The monoisotopic (exact) mass is 270 g/mol. The number of sulfone groups is 1. The fourth-order valence-corrected chi connectivity index (χ4v) is 3.73. The van der Waals surface area contributed by atoms with E-state index in [1.165, 1.54) is 4.90 Å².